The number of hydrogen-bond donors (Lipinski definition) is 2. The number of carbonyl (C=O) groups is 2. The van der Waals surface area contributed by atoms with E-state index in [0.29, 0.717) is 17.7 Å². The molecule has 0 bridgehead atoms. The van der Waals surface area contributed by atoms with Gasteiger partial charge in [0.15, 0.2) is 5.78 Å². The van der Waals surface area contributed by atoms with Crippen molar-refractivity contribution >= 4 is 28.7 Å². The molecule has 6 heteroatoms. The van der Waals surface area contributed by atoms with Gasteiger partial charge in [0, 0.05) is 38.9 Å². The van der Waals surface area contributed by atoms with Crippen LogP contribution in [0.1, 0.15) is 50.6 Å². The number of carbonyl (C=O) groups excluding carboxylic acids is 2. The van der Waals surface area contributed by atoms with Gasteiger partial charge in [0.1, 0.15) is 5.75 Å². The van der Waals surface area contributed by atoms with Crippen molar-refractivity contribution in [3.63, 3.8) is 0 Å². The molecular weight excluding hydrogens is 420 g/mol. The van der Waals surface area contributed by atoms with E-state index < -0.39 is 0 Å². The van der Waals surface area contributed by atoms with Crippen LogP contribution in [0.5, 0.6) is 5.75 Å². The summed E-state index contributed by atoms with van der Waals surface area (Å²) in [6, 6.07) is 16.7. The summed E-state index contributed by atoms with van der Waals surface area (Å²) in [6.45, 7) is 4.68. The van der Waals surface area contributed by atoms with Crippen LogP contribution in [0, 0.1) is 0 Å². The highest BCUT2D eigenvalue weighted by molar-refractivity contribution is 7.09. The molecule has 5 nitrogen and oxygen atoms in total. The molecule has 1 aromatic heterocycles. The van der Waals surface area contributed by atoms with E-state index in [2.05, 4.69) is 24.5 Å². The largest absolute Gasteiger partial charge is 0.497 e. The van der Waals surface area contributed by atoms with Gasteiger partial charge in [-0.1, -0.05) is 24.3 Å². The minimum absolute atomic E-state index is 0.160. The number of amides is 1. The number of allylic oxidation sites excluding steroid dienone is 1. The topological polar surface area (TPSA) is 67.4 Å². The molecule has 2 heterocycles. The number of fused-ring (bicyclic) bond motifs is 1. The summed E-state index contributed by atoms with van der Waals surface area (Å²) >= 11 is 1.59. The molecule has 0 unspecified atom stereocenters. The number of methoxy groups -OCH3 is 1. The molecule has 1 amide bonds. The second kappa shape index (κ2) is 9.01. The summed E-state index contributed by atoms with van der Waals surface area (Å²) in [6.07, 6.45) is 2.46. The van der Waals surface area contributed by atoms with Gasteiger partial charge in [0.05, 0.1) is 13.7 Å². The van der Waals surface area contributed by atoms with E-state index in [1.807, 2.05) is 35.7 Å². The molecule has 0 fully saturated rings. The second-order valence-electron chi connectivity index (χ2n) is 8.47. The van der Waals surface area contributed by atoms with Gasteiger partial charge >= 0.3 is 0 Å². The molecule has 32 heavy (non-hydrogen) atoms. The van der Waals surface area contributed by atoms with Crippen molar-refractivity contribution in [3.05, 3.63) is 93.2 Å². The van der Waals surface area contributed by atoms with Crippen LogP contribution in [-0.4, -0.2) is 24.3 Å². The normalized spacial score (nSPS) is 15.5. The fourth-order valence-corrected chi connectivity index (χ4v) is 4.51. The molecule has 0 atom stereocenters. The number of hydrogen-bond acceptors (Lipinski definition) is 5. The predicted octanol–water partition coefficient (Wildman–Crippen LogP) is 4.83. The average molecular weight is 447 g/mol. The van der Waals surface area contributed by atoms with Crippen LogP contribution in [0.3, 0.4) is 0 Å². The Labute approximate surface area is 192 Å². The summed E-state index contributed by atoms with van der Waals surface area (Å²) in [5.41, 5.74) is 3.63. The van der Waals surface area contributed by atoms with Crippen molar-refractivity contribution in [2.45, 2.75) is 32.4 Å². The first-order valence-corrected chi connectivity index (χ1v) is 11.3. The number of benzene rings is 2. The standard InChI is InChI=1S/C26H26N2O3S/c1-26(2)15-19-9-10-20(31-3)13-22(19)23(28-26)14-24(29)17-6-4-7-18(12-17)25(30)27-16-21-8-5-11-32-21/h4-14,28H,15-16H2,1-3H3,(H,27,30). The molecule has 1 aliphatic heterocycles. The number of nitrogens with one attached hydrogen (secondary N) is 2. The maximum Gasteiger partial charge on any atom is 0.251 e. The molecule has 2 aromatic carbocycles. The van der Waals surface area contributed by atoms with Crippen molar-refractivity contribution in [2.75, 3.05) is 7.11 Å². The van der Waals surface area contributed by atoms with Crippen LogP contribution in [0.25, 0.3) is 5.70 Å². The molecule has 0 spiro atoms. The number of ketones is 1. The molecule has 4 rings (SSSR count). The van der Waals surface area contributed by atoms with Crippen LogP contribution in [0.15, 0.2) is 66.1 Å². The van der Waals surface area contributed by atoms with E-state index in [9.17, 15) is 9.59 Å². The summed E-state index contributed by atoms with van der Waals surface area (Å²) in [5.74, 6) is 0.382. The first-order chi connectivity index (χ1) is 15.3. The molecule has 3 aromatic rings. The summed E-state index contributed by atoms with van der Waals surface area (Å²) in [7, 11) is 1.63. The second-order valence-corrected chi connectivity index (χ2v) is 9.51. The van der Waals surface area contributed by atoms with Crippen molar-refractivity contribution < 1.29 is 14.3 Å². The summed E-state index contributed by atoms with van der Waals surface area (Å²) in [4.78, 5) is 26.8. The highest BCUT2D eigenvalue weighted by atomic mass is 32.1. The quantitative estimate of drug-likeness (QED) is 0.420. The minimum Gasteiger partial charge on any atom is -0.497 e. The van der Waals surface area contributed by atoms with Gasteiger partial charge < -0.3 is 15.4 Å². The molecule has 0 saturated heterocycles. The van der Waals surface area contributed by atoms with Gasteiger partial charge in [-0.05, 0) is 61.5 Å². The van der Waals surface area contributed by atoms with Crippen LogP contribution < -0.4 is 15.4 Å². The van der Waals surface area contributed by atoms with Crippen LogP contribution in [0.2, 0.25) is 0 Å². The van der Waals surface area contributed by atoms with Crippen molar-refractivity contribution in [1.82, 2.24) is 10.6 Å². The Balaban J connectivity index is 1.58. The average Bonchev–Trinajstić information content (AvgIpc) is 3.30. The first kappa shape index (κ1) is 21.8. The lowest BCUT2D eigenvalue weighted by Crippen LogP contribution is -2.43. The van der Waals surface area contributed by atoms with Crippen LogP contribution >= 0.6 is 11.3 Å². The summed E-state index contributed by atoms with van der Waals surface area (Å²) < 4.78 is 5.38. The highest BCUT2D eigenvalue weighted by Crippen LogP contribution is 2.32. The van der Waals surface area contributed by atoms with Crippen molar-refractivity contribution in [1.29, 1.82) is 0 Å². The van der Waals surface area contributed by atoms with E-state index in [1.54, 1.807) is 48.8 Å². The molecule has 0 aliphatic carbocycles. The Hall–Kier alpha value is -3.38. The number of ether oxygens (including phenoxy) is 1. The van der Waals surface area contributed by atoms with Gasteiger partial charge in [-0.3, -0.25) is 9.59 Å². The Morgan fingerprint density at radius 1 is 1.12 bits per heavy atom. The first-order valence-electron chi connectivity index (χ1n) is 10.5. The third-order valence-electron chi connectivity index (χ3n) is 5.40. The third-order valence-corrected chi connectivity index (χ3v) is 6.28. The molecule has 164 valence electrons. The molecule has 0 saturated carbocycles. The van der Waals surface area contributed by atoms with Crippen molar-refractivity contribution in [2.24, 2.45) is 0 Å². The molecule has 2 N–H and O–H groups in total. The fraction of sp³-hybridized carbons (Fsp3) is 0.231. The Morgan fingerprint density at radius 3 is 2.69 bits per heavy atom. The predicted molar refractivity (Wildman–Crippen MR) is 128 cm³/mol. The Bertz CT molecular complexity index is 1180. The molecular formula is C26H26N2O3S. The van der Waals surface area contributed by atoms with Gasteiger partial charge in [-0.15, -0.1) is 11.3 Å². The van der Waals surface area contributed by atoms with Gasteiger partial charge in [-0.2, -0.15) is 0 Å². The minimum atomic E-state index is -0.201. The van der Waals surface area contributed by atoms with E-state index in [-0.39, 0.29) is 17.2 Å². The zero-order valence-corrected chi connectivity index (χ0v) is 19.2. The monoisotopic (exact) mass is 446 g/mol. The third kappa shape index (κ3) is 4.92. The lowest BCUT2D eigenvalue weighted by Gasteiger charge is -2.35. The maximum atomic E-state index is 13.1. The van der Waals surface area contributed by atoms with Gasteiger partial charge in [-0.25, -0.2) is 0 Å². The van der Waals surface area contributed by atoms with E-state index in [0.717, 1.165) is 33.9 Å². The fourth-order valence-electron chi connectivity index (χ4n) is 3.86. The Kier molecular flexibility index (Phi) is 6.15. The zero-order chi connectivity index (χ0) is 22.7. The number of rotatable bonds is 6. The van der Waals surface area contributed by atoms with Crippen molar-refractivity contribution in [3.8, 4) is 5.75 Å². The Morgan fingerprint density at radius 2 is 1.94 bits per heavy atom. The molecule has 0 radical (unpaired) electrons. The smallest absolute Gasteiger partial charge is 0.251 e. The number of thiophene rings is 1. The summed E-state index contributed by atoms with van der Waals surface area (Å²) in [5, 5.41) is 8.36. The zero-order valence-electron chi connectivity index (χ0n) is 18.4. The lowest BCUT2D eigenvalue weighted by atomic mass is 9.85. The van der Waals surface area contributed by atoms with E-state index >= 15 is 0 Å². The maximum absolute atomic E-state index is 13.1. The van der Waals surface area contributed by atoms with Crippen LogP contribution in [0.4, 0.5) is 0 Å². The van der Waals surface area contributed by atoms with E-state index in [1.165, 1.54) is 0 Å². The highest BCUT2D eigenvalue weighted by Gasteiger charge is 2.28. The van der Waals surface area contributed by atoms with Gasteiger partial charge in [0.25, 0.3) is 5.91 Å². The van der Waals surface area contributed by atoms with Crippen LogP contribution in [-0.2, 0) is 13.0 Å². The van der Waals surface area contributed by atoms with Gasteiger partial charge in [0.2, 0.25) is 0 Å². The lowest BCUT2D eigenvalue weighted by molar-refractivity contribution is 0.0951. The molecule has 1 aliphatic rings. The SMILES string of the molecule is COc1ccc2c(c1)C(=CC(=O)c1cccc(C(=O)NCc3cccs3)c1)NC(C)(C)C2. The van der Waals surface area contributed by atoms with E-state index in [4.69, 9.17) is 4.74 Å².